The Morgan fingerprint density at radius 2 is 1.76 bits per heavy atom. The number of anilines is 3. The van der Waals surface area contributed by atoms with Crippen LogP contribution in [-0.4, -0.2) is 49.1 Å². The zero-order chi connectivity index (χ0) is 23.4. The highest BCUT2D eigenvalue weighted by Gasteiger charge is 2.31. The van der Waals surface area contributed by atoms with Gasteiger partial charge in [0, 0.05) is 38.1 Å². The number of hydrogen-bond donors (Lipinski definition) is 1. The first kappa shape index (κ1) is 22.4. The summed E-state index contributed by atoms with van der Waals surface area (Å²) in [6, 6.07) is 16.0. The lowest BCUT2D eigenvalue weighted by molar-refractivity contribution is -0.137. The number of piperazine rings is 1. The van der Waals surface area contributed by atoms with E-state index in [1.807, 2.05) is 23.1 Å². The van der Waals surface area contributed by atoms with Crippen molar-refractivity contribution in [3.05, 3.63) is 78.0 Å². The molecule has 3 aromatic rings. The van der Waals surface area contributed by atoms with Crippen molar-refractivity contribution in [2.24, 2.45) is 0 Å². The lowest BCUT2D eigenvalue weighted by atomic mass is 10.1. The summed E-state index contributed by atoms with van der Waals surface area (Å²) in [6.45, 7) is 1.64. The third-order valence-electron chi connectivity index (χ3n) is 5.50. The SMILES string of the molecule is COc1ccccc1Nc1ncccc1C(=O)N1CCN(c2cccc(C(F)(F)F)c2)CC1. The first-order chi connectivity index (χ1) is 15.9. The Kier molecular flexibility index (Phi) is 6.39. The predicted octanol–water partition coefficient (Wildman–Crippen LogP) is 4.82. The fourth-order valence-corrected chi connectivity index (χ4v) is 3.77. The zero-order valence-corrected chi connectivity index (χ0v) is 18.0. The van der Waals surface area contributed by atoms with Crippen LogP contribution in [0.5, 0.6) is 5.75 Å². The molecule has 2 aromatic carbocycles. The number of carbonyl (C=O) groups excluding carboxylic acids is 1. The quantitative estimate of drug-likeness (QED) is 0.597. The lowest BCUT2D eigenvalue weighted by Gasteiger charge is -2.36. The topological polar surface area (TPSA) is 57.7 Å². The molecule has 9 heteroatoms. The molecule has 172 valence electrons. The molecular weight excluding hydrogens is 433 g/mol. The van der Waals surface area contributed by atoms with Gasteiger partial charge in [-0.2, -0.15) is 13.2 Å². The maximum atomic E-state index is 13.2. The molecule has 1 fully saturated rings. The number of amides is 1. The number of carbonyl (C=O) groups is 1. The third kappa shape index (κ3) is 5.02. The van der Waals surface area contributed by atoms with Gasteiger partial charge in [0.05, 0.1) is 23.9 Å². The molecule has 0 atom stereocenters. The Hall–Kier alpha value is -3.75. The van der Waals surface area contributed by atoms with Crippen molar-refractivity contribution in [1.29, 1.82) is 0 Å². The molecule has 1 aromatic heterocycles. The van der Waals surface area contributed by atoms with E-state index in [2.05, 4.69) is 10.3 Å². The highest BCUT2D eigenvalue weighted by molar-refractivity contribution is 5.99. The minimum atomic E-state index is -4.39. The number of methoxy groups -OCH3 is 1. The summed E-state index contributed by atoms with van der Waals surface area (Å²) in [5, 5.41) is 3.17. The number of alkyl halides is 3. The number of pyridine rings is 1. The summed E-state index contributed by atoms with van der Waals surface area (Å²) in [6.07, 6.45) is -2.79. The van der Waals surface area contributed by atoms with Crippen LogP contribution in [0.15, 0.2) is 66.9 Å². The smallest absolute Gasteiger partial charge is 0.416 e. The Balaban J connectivity index is 1.47. The number of nitrogens with one attached hydrogen (secondary N) is 1. The summed E-state index contributed by atoms with van der Waals surface area (Å²) >= 11 is 0. The Morgan fingerprint density at radius 1 is 1.00 bits per heavy atom. The molecule has 0 saturated carbocycles. The van der Waals surface area contributed by atoms with E-state index in [1.165, 1.54) is 6.07 Å². The number of rotatable bonds is 5. The van der Waals surface area contributed by atoms with Gasteiger partial charge in [0.1, 0.15) is 11.6 Å². The first-order valence-electron chi connectivity index (χ1n) is 10.4. The van der Waals surface area contributed by atoms with Crippen LogP contribution in [0, 0.1) is 0 Å². The molecule has 0 bridgehead atoms. The summed E-state index contributed by atoms with van der Waals surface area (Å²) in [4.78, 5) is 21.1. The number of hydrogen-bond acceptors (Lipinski definition) is 5. The van der Waals surface area contributed by atoms with Gasteiger partial charge in [0.25, 0.3) is 5.91 Å². The maximum Gasteiger partial charge on any atom is 0.416 e. The van der Waals surface area contributed by atoms with E-state index < -0.39 is 11.7 Å². The second-order valence-electron chi connectivity index (χ2n) is 7.55. The number of aromatic nitrogens is 1. The van der Waals surface area contributed by atoms with Crippen molar-refractivity contribution in [3.63, 3.8) is 0 Å². The van der Waals surface area contributed by atoms with Crippen molar-refractivity contribution in [3.8, 4) is 5.75 Å². The van der Waals surface area contributed by atoms with E-state index in [0.29, 0.717) is 54.7 Å². The normalized spacial score (nSPS) is 14.2. The molecule has 0 unspecified atom stereocenters. The monoisotopic (exact) mass is 456 g/mol. The van der Waals surface area contributed by atoms with E-state index in [1.54, 1.807) is 42.5 Å². The summed E-state index contributed by atoms with van der Waals surface area (Å²) in [5.74, 6) is 0.841. The standard InChI is InChI=1S/C24H23F3N4O2/c1-33-21-10-3-2-9-20(21)29-22-19(8-5-11-28-22)23(32)31-14-12-30(13-15-31)18-7-4-6-17(16-18)24(25,26)27/h2-11,16H,12-15H2,1H3,(H,28,29). The molecule has 33 heavy (non-hydrogen) atoms. The minimum absolute atomic E-state index is 0.191. The van der Waals surface area contributed by atoms with Gasteiger partial charge >= 0.3 is 6.18 Å². The average molecular weight is 456 g/mol. The second-order valence-corrected chi connectivity index (χ2v) is 7.55. The van der Waals surface area contributed by atoms with Gasteiger partial charge in [-0.05, 0) is 42.5 Å². The number of benzene rings is 2. The molecule has 0 aliphatic carbocycles. The number of nitrogens with zero attached hydrogens (tertiary/aromatic N) is 3. The van der Waals surface area contributed by atoms with Gasteiger partial charge in [0.15, 0.2) is 0 Å². The molecule has 1 N–H and O–H groups in total. The van der Waals surface area contributed by atoms with Crippen LogP contribution in [0.4, 0.5) is 30.4 Å². The van der Waals surface area contributed by atoms with E-state index in [0.717, 1.165) is 12.1 Å². The summed E-state index contributed by atoms with van der Waals surface area (Å²) in [7, 11) is 1.56. The second kappa shape index (κ2) is 9.40. The zero-order valence-electron chi connectivity index (χ0n) is 18.0. The first-order valence-corrected chi connectivity index (χ1v) is 10.4. The van der Waals surface area contributed by atoms with Crippen LogP contribution in [0.25, 0.3) is 0 Å². The molecule has 1 aliphatic rings. The Labute approximate surface area is 189 Å². The Bertz CT molecular complexity index is 1130. The predicted molar refractivity (Wildman–Crippen MR) is 120 cm³/mol. The van der Waals surface area contributed by atoms with E-state index >= 15 is 0 Å². The van der Waals surface area contributed by atoms with Gasteiger partial charge in [-0.3, -0.25) is 4.79 Å². The maximum absolute atomic E-state index is 13.2. The molecule has 2 heterocycles. The molecule has 1 saturated heterocycles. The van der Waals surface area contributed by atoms with Crippen molar-refractivity contribution in [1.82, 2.24) is 9.88 Å². The van der Waals surface area contributed by atoms with Crippen LogP contribution in [0.3, 0.4) is 0 Å². The third-order valence-corrected chi connectivity index (χ3v) is 5.50. The summed E-state index contributed by atoms with van der Waals surface area (Å²) in [5.41, 5.74) is 0.913. The molecule has 6 nitrogen and oxygen atoms in total. The van der Waals surface area contributed by atoms with E-state index in [9.17, 15) is 18.0 Å². The van der Waals surface area contributed by atoms with Gasteiger partial charge in [-0.25, -0.2) is 4.98 Å². The van der Waals surface area contributed by atoms with Gasteiger partial charge < -0.3 is 19.9 Å². The fraction of sp³-hybridized carbons (Fsp3) is 0.250. The van der Waals surface area contributed by atoms with Crippen LogP contribution in [0.1, 0.15) is 15.9 Å². The largest absolute Gasteiger partial charge is 0.495 e. The van der Waals surface area contributed by atoms with Crippen LogP contribution >= 0.6 is 0 Å². The van der Waals surface area contributed by atoms with E-state index in [4.69, 9.17) is 4.74 Å². The number of halogens is 3. The average Bonchev–Trinajstić information content (AvgIpc) is 2.84. The lowest BCUT2D eigenvalue weighted by Crippen LogP contribution is -2.49. The van der Waals surface area contributed by atoms with Crippen LogP contribution < -0.4 is 15.0 Å². The van der Waals surface area contributed by atoms with Crippen molar-refractivity contribution in [2.75, 3.05) is 43.5 Å². The van der Waals surface area contributed by atoms with Crippen molar-refractivity contribution >= 4 is 23.1 Å². The number of para-hydroxylation sites is 2. The molecule has 0 spiro atoms. The fourth-order valence-electron chi connectivity index (χ4n) is 3.77. The Morgan fingerprint density at radius 3 is 2.48 bits per heavy atom. The highest BCUT2D eigenvalue weighted by atomic mass is 19.4. The highest BCUT2D eigenvalue weighted by Crippen LogP contribution is 2.32. The minimum Gasteiger partial charge on any atom is -0.495 e. The van der Waals surface area contributed by atoms with Crippen molar-refractivity contribution in [2.45, 2.75) is 6.18 Å². The van der Waals surface area contributed by atoms with Crippen molar-refractivity contribution < 1.29 is 22.7 Å². The van der Waals surface area contributed by atoms with Gasteiger partial charge in [0.2, 0.25) is 0 Å². The van der Waals surface area contributed by atoms with Gasteiger partial charge in [-0.1, -0.05) is 18.2 Å². The molecule has 1 amide bonds. The molecule has 1 aliphatic heterocycles. The van der Waals surface area contributed by atoms with Crippen LogP contribution in [-0.2, 0) is 6.18 Å². The molecule has 0 radical (unpaired) electrons. The van der Waals surface area contributed by atoms with E-state index in [-0.39, 0.29) is 5.91 Å². The number of ether oxygens (including phenoxy) is 1. The molecular formula is C24H23F3N4O2. The molecule has 4 rings (SSSR count). The van der Waals surface area contributed by atoms with Crippen LogP contribution in [0.2, 0.25) is 0 Å². The summed E-state index contributed by atoms with van der Waals surface area (Å²) < 4.78 is 44.5. The van der Waals surface area contributed by atoms with Gasteiger partial charge in [-0.15, -0.1) is 0 Å².